The van der Waals surface area contributed by atoms with Crippen LogP contribution >= 0.6 is 0 Å². The van der Waals surface area contributed by atoms with Gasteiger partial charge in [-0.2, -0.15) is 0 Å². The third-order valence-corrected chi connectivity index (χ3v) is 4.74. The summed E-state index contributed by atoms with van der Waals surface area (Å²) in [5.74, 6) is -0.569. The van der Waals surface area contributed by atoms with Gasteiger partial charge in [0, 0.05) is 24.6 Å². The van der Waals surface area contributed by atoms with E-state index in [1.54, 1.807) is 0 Å². The third kappa shape index (κ3) is 2.59. The molecule has 2 aromatic rings. The van der Waals surface area contributed by atoms with Crippen molar-refractivity contribution < 1.29 is 9.59 Å². The van der Waals surface area contributed by atoms with Crippen molar-refractivity contribution in [3.05, 3.63) is 53.8 Å². The van der Waals surface area contributed by atoms with Gasteiger partial charge >= 0.3 is 0 Å². The van der Waals surface area contributed by atoms with E-state index in [-0.39, 0.29) is 22.8 Å². The Kier molecular flexibility index (Phi) is 3.80. The number of carbonyl (C=O) groups excluding carboxylic acids is 2. The second-order valence-corrected chi connectivity index (χ2v) is 6.30. The zero-order chi connectivity index (χ0) is 17.4. The molecule has 2 heterocycles. The van der Waals surface area contributed by atoms with Gasteiger partial charge < -0.3 is 10.6 Å². The number of likely N-dealkylation sites (tertiary alicyclic amines) is 1. The molecule has 2 N–H and O–H groups in total. The van der Waals surface area contributed by atoms with Gasteiger partial charge in [-0.25, -0.2) is 9.97 Å². The maximum atomic E-state index is 12.8. The number of rotatable bonds is 2. The number of piperidine rings is 1. The normalized spacial score (nSPS) is 18.7. The molecule has 0 radical (unpaired) electrons. The highest BCUT2D eigenvalue weighted by molar-refractivity contribution is 6.37. The summed E-state index contributed by atoms with van der Waals surface area (Å²) in [6.07, 6.45) is 5.99. The van der Waals surface area contributed by atoms with Crippen LogP contribution in [0.1, 0.15) is 25.0 Å². The molecule has 1 aromatic heterocycles. The van der Waals surface area contributed by atoms with E-state index in [0.717, 1.165) is 32.4 Å². The first-order valence-corrected chi connectivity index (χ1v) is 8.42. The van der Waals surface area contributed by atoms with Crippen molar-refractivity contribution in [3.63, 3.8) is 0 Å². The lowest BCUT2D eigenvalue weighted by molar-refractivity contribution is -0.116. The topological polar surface area (TPSA) is 89.2 Å². The number of aromatic nitrogens is 2. The summed E-state index contributed by atoms with van der Waals surface area (Å²) in [5.41, 5.74) is 7.78. The van der Waals surface area contributed by atoms with E-state index in [0.29, 0.717) is 22.3 Å². The SMILES string of the molecule is NC1=C(c2ncnc3ccccc23)C(=O)C=C(N2CCCCC2)C1=O. The van der Waals surface area contributed by atoms with Crippen molar-refractivity contribution >= 4 is 28.0 Å². The fraction of sp³-hybridized carbons (Fsp3) is 0.263. The van der Waals surface area contributed by atoms with Gasteiger partial charge in [0.1, 0.15) is 6.33 Å². The number of para-hydroxylation sites is 1. The number of benzene rings is 1. The van der Waals surface area contributed by atoms with Crippen molar-refractivity contribution in [2.75, 3.05) is 13.1 Å². The van der Waals surface area contributed by atoms with Crippen molar-refractivity contribution in [3.8, 4) is 0 Å². The Morgan fingerprint density at radius 1 is 1.00 bits per heavy atom. The summed E-state index contributed by atoms with van der Waals surface area (Å²) in [6, 6.07) is 7.36. The standard InChI is InChI=1S/C19H18N4O2/c20-17-16(18-12-6-2-3-7-13(12)21-11-22-18)15(24)10-14(19(17)25)23-8-4-1-5-9-23/h2-3,6-7,10-11H,1,4-5,8-9,20H2. The second kappa shape index (κ2) is 6.12. The average molecular weight is 334 g/mol. The first kappa shape index (κ1) is 15.5. The van der Waals surface area contributed by atoms with Gasteiger partial charge in [-0.05, 0) is 25.3 Å². The van der Waals surface area contributed by atoms with Crippen LogP contribution in [0.5, 0.6) is 0 Å². The Hall–Kier alpha value is -3.02. The first-order valence-electron chi connectivity index (χ1n) is 8.42. The highest BCUT2D eigenvalue weighted by atomic mass is 16.1. The van der Waals surface area contributed by atoms with Gasteiger partial charge in [-0.1, -0.05) is 18.2 Å². The van der Waals surface area contributed by atoms with Crippen LogP contribution in [0.15, 0.2) is 48.1 Å². The highest BCUT2D eigenvalue weighted by Gasteiger charge is 2.32. The summed E-state index contributed by atoms with van der Waals surface area (Å²) in [6.45, 7) is 1.56. The van der Waals surface area contributed by atoms with E-state index in [1.165, 1.54) is 12.4 Å². The van der Waals surface area contributed by atoms with Gasteiger partial charge in [-0.3, -0.25) is 9.59 Å². The maximum absolute atomic E-state index is 12.8. The Labute approximate surface area is 145 Å². The van der Waals surface area contributed by atoms with Gasteiger partial charge in [0.25, 0.3) is 0 Å². The molecule has 0 saturated carbocycles. The smallest absolute Gasteiger partial charge is 0.225 e. The molecule has 25 heavy (non-hydrogen) atoms. The number of carbonyl (C=O) groups is 2. The largest absolute Gasteiger partial charge is 0.395 e. The highest BCUT2D eigenvalue weighted by Crippen LogP contribution is 2.30. The lowest BCUT2D eigenvalue weighted by Gasteiger charge is -2.31. The first-order chi connectivity index (χ1) is 12.2. The maximum Gasteiger partial charge on any atom is 0.225 e. The Morgan fingerprint density at radius 3 is 2.56 bits per heavy atom. The lowest BCUT2D eigenvalue weighted by Crippen LogP contribution is -2.37. The van der Waals surface area contributed by atoms with Crippen LogP contribution in [0.3, 0.4) is 0 Å². The van der Waals surface area contributed by atoms with E-state index in [9.17, 15) is 9.59 Å². The predicted molar refractivity (Wildman–Crippen MR) is 94.2 cm³/mol. The molecule has 1 aliphatic carbocycles. The van der Waals surface area contributed by atoms with Gasteiger partial charge in [0.2, 0.25) is 5.78 Å². The number of nitrogens with zero attached hydrogens (tertiary/aromatic N) is 3. The van der Waals surface area contributed by atoms with Crippen molar-refractivity contribution in [1.82, 2.24) is 14.9 Å². The molecule has 126 valence electrons. The summed E-state index contributed by atoms with van der Waals surface area (Å²) in [5, 5.41) is 0.707. The number of Topliss-reactive ketones (excluding diaryl/α,β-unsaturated/α-hetero) is 1. The zero-order valence-corrected chi connectivity index (χ0v) is 13.7. The Balaban J connectivity index is 1.79. The fourth-order valence-electron chi connectivity index (χ4n) is 3.46. The van der Waals surface area contributed by atoms with Crippen LogP contribution in [0, 0.1) is 0 Å². The molecule has 6 nitrogen and oxygen atoms in total. The van der Waals surface area contributed by atoms with Gasteiger partial charge in [0.05, 0.1) is 28.2 Å². The number of nitrogens with two attached hydrogens (primary N) is 1. The van der Waals surface area contributed by atoms with E-state index >= 15 is 0 Å². The van der Waals surface area contributed by atoms with Crippen molar-refractivity contribution in [1.29, 1.82) is 0 Å². The molecule has 1 fully saturated rings. The minimum Gasteiger partial charge on any atom is -0.395 e. The van der Waals surface area contributed by atoms with Crippen molar-refractivity contribution in [2.24, 2.45) is 5.73 Å². The lowest BCUT2D eigenvalue weighted by atomic mass is 9.92. The summed E-state index contributed by atoms with van der Waals surface area (Å²) >= 11 is 0. The fourth-order valence-corrected chi connectivity index (χ4v) is 3.46. The van der Waals surface area contributed by atoms with Crippen molar-refractivity contribution in [2.45, 2.75) is 19.3 Å². The summed E-state index contributed by atoms with van der Waals surface area (Å²) in [4.78, 5) is 36.0. The Bertz CT molecular complexity index is 934. The van der Waals surface area contributed by atoms with Crippen LogP contribution in [0.2, 0.25) is 0 Å². The monoisotopic (exact) mass is 334 g/mol. The second-order valence-electron chi connectivity index (χ2n) is 6.30. The number of ketones is 2. The Morgan fingerprint density at radius 2 is 1.76 bits per heavy atom. The van der Waals surface area contributed by atoms with E-state index in [2.05, 4.69) is 9.97 Å². The molecule has 1 aromatic carbocycles. The van der Waals surface area contributed by atoms with Crippen LogP contribution in [0.4, 0.5) is 0 Å². The predicted octanol–water partition coefficient (Wildman–Crippen LogP) is 1.82. The molecular weight excluding hydrogens is 316 g/mol. The van der Waals surface area contributed by atoms with E-state index in [4.69, 9.17) is 5.73 Å². The molecule has 0 amide bonds. The number of fused-ring (bicyclic) bond motifs is 1. The summed E-state index contributed by atoms with van der Waals surface area (Å²) in [7, 11) is 0. The zero-order valence-electron chi connectivity index (χ0n) is 13.7. The molecule has 0 unspecified atom stereocenters. The van der Waals surface area contributed by atoms with E-state index in [1.807, 2.05) is 29.2 Å². The number of allylic oxidation sites excluding steroid dienone is 2. The van der Waals surface area contributed by atoms with Gasteiger partial charge in [0.15, 0.2) is 5.78 Å². The minimum absolute atomic E-state index is 0.0306. The molecule has 2 aliphatic rings. The molecule has 1 aliphatic heterocycles. The van der Waals surface area contributed by atoms with Gasteiger partial charge in [-0.15, -0.1) is 0 Å². The van der Waals surface area contributed by atoms with E-state index < -0.39 is 0 Å². The molecule has 6 heteroatoms. The molecule has 0 spiro atoms. The summed E-state index contributed by atoms with van der Waals surface area (Å²) < 4.78 is 0. The molecule has 1 saturated heterocycles. The van der Waals surface area contributed by atoms with Crippen LogP contribution in [0.25, 0.3) is 16.5 Å². The average Bonchev–Trinajstić information content (AvgIpc) is 2.66. The molecule has 4 rings (SSSR count). The molecule has 0 atom stereocenters. The number of hydrogen-bond donors (Lipinski definition) is 1. The number of hydrogen-bond acceptors (Lipinski definition) is 6. The quantitative estimate of drug-likeness (QED) is 0.843. The molecular formula is C19H18N4O2. The van der Waals surface area contributed by atoms with Crippen LogP contribution in [-0.4, -0.2) is 39.5 Å². The van der Waals surface area contributed by atoms with Crippen LogP contribution in [-0.2, 0) is 9.59 Å². The van der Waals surface area contributed by atoms with Crippen LogP contribution < -0.4 is 5.73 Å². The minimum atomic E-state index is -0.292. The third-order valence-electron chi connectivity index (χ3n) is 4.74. The molecule has 0 bridgehead atoms.